The standard InChI is InChI=1S/C29H44O5/c1-8-9-10-11-12-13-22-16-29(17-30,34-27(22)31)18-33-28(32)26-24(20(4)5)14-23(19(2)3)15-25(26)21(6)7/h13-15,19-21,30H,8-12,16-18H2,1-7H3/b22-13-. The summed E-state index contributed by atoms with van der Waals surface area (Å²) in [5.41, 5.74) is 3.08. The fourth-order valence-corrected chi connectivity index (χ4v) is 4.40. The van der Waals surface area contributed by atoms with E-state index in [1.807, 2.05) is 6.08 Å². The molecule has 1 atom stereocenters. The molecule has 1 aromatic carbocycles. The maximum absolute atomic E-state index is 13.4. The Bertz CT molecular complexity index is 852. The molecule has 5 heteroatoms. The Morgan fingerprint density at radius 3 is 2.18 bits per heavy atom. The Morgan fingerprint density at radius 2 is 1.68 bits per heavy atom. The molecule has 0 spiro atoms. The summed E-state index contributed by atoms with van der Waals surface area (Å²) in [7, 11) is 0. The van der Waals surface area contributed by atoms with Gasteiger partial charge >= 0.3 is 11.9 Å². The summed E-state index contributed by atoms with van der Waals surface area (Å²) >= 11 is 0. The van der Waals surface area contributed by atoms with Crippen LogP contribution in [0.2, 0.25) is 0 Å². The molecule has 190 valence electrons. The third-order valence-corrected chi connectivity index (χ3v) is 6.62. The predicted octanol–water partition coefficient (Wildman–Crippen LogP) is 6.79. The molecule has 0 aromatic heterocycles. The first-order chi connectivity index (χ1) is 16.0. The van der Waals surface area contributed by atoms with Crippen LogP contribution in [-0.2, 0) is 14.3 Å². The minimum Gasteiger partial charge on any atom is -0.458 e. The molecule has 1 aliphatic rings. The number of unbranched alkanes of at least 4 members (excludes halogenated alkanes) is 4. The Morgan fingerprint density at radius 1 is 1.06 bits per heavy atom. The first-order valence-corrected chi connectivity index (χ1v) is 12.9. The molecule has 1 aromatic rings. The van der Waals surface area contributed by atoms with Crippen molar-refractivity contribution >= 4 is 11.9 Å². The molecule has 1 saturated heterocycles. The van der Waals surface area contributed by atoms with E-state index in [2.05, 4.69) is 60.6 Å². The van der Waals surface area contributed by atoms with Crippen LogP contribution in [0.25, 0.3) is 0 Å². The minimum absolute atomic E-state index is 0.150. The van der Waals surface area contributed by atoms with Crippen LogP contribution in [0.15, 0.2) is 23.8 Å². The van der Waals surface area contributed by atoms with E-state index >= 15 is 0 Å². The van der Waals surface area contributed by atoms with Gasteiger partial charge in [0, 0.05) is 12.0 Å². The van der Waals surface area contributed by atoms with Gasteiger partial charge < -0.3 is 14.6 Å². The van der Waals surface area contributed by atoms with Crippen molar-refractivity contribution in [1.82, 2.24) is 0 Å². The maximum atomic E-state index is 13.4. The average molecular weight is 473 g/mol. The number of aliphatic hydroxyl groups is 1. The molecular formula is C29H44O5. The van der Waals surface area contributed by atoms with Crippen molar-refractivity contribution in [3.8, 4) is 0 Å². The van der Waals surface area contributed by atoms with Gasteiger partial charge in [0.1, 0.15) is 6.61 Å². The zero-order chi connectivity index (χ0) is 25.5. The number of carbonyl (C=O) groups is 2. The van der Waals surface area contributed by atoms with Crippen LogP contribution in [0.1, 0.15) is 132 Å². The summed E-state index contributed by atoms with van der Waals surface area (Å²) in [5.74, 6) is -0.201. The van der Waals surface area contributed by atoms with Crippen molar-refractivity contribution in [3.05, 3.63) is 46.0 Å². The van der Waals surface area contributed by atoms with Crippen molar-refractivity contribution < 1.29 is 24.2 Å². The Labute approximate surface area is 205 Å². The molecule has 0 radical (unpaired) electrons. The number of ether oxygens (including phenoxy) is 2. The van der Waals surface area contributed by atoms with E-state index in [4.69, 9.17) is 9.47 Å². The summed E-state index contributed by atoms with van der Waals surface area (Å²) in [6.45, 7) is 14.2. The van der Waals surface area contributed by atoms with Crippen molar-refractivity contribution in [1.29, 1.82) is 0 Å². The Balaban J connectivity index is 2.22. The maximum Gasteiger partial charge on any atom is 0.338 e. The van der Waals surface area contributed by atoms with Gasteiger partial charge in [-0.3, -0.25) is 0 Å². The molecule has 0 saturated carbocycles. The molecule has 1 aliphatic heterocycles. The molecule has 1 heterocycles. The van der Waals surface area contributed by atoms with Crippen LogP contribution in [0.3, 0.4) is 0 Å². The van der Waals surface area contributed by atoms with Gasteiger partial charge in [-0.05, 0) is 47.3 Å². The van der Waals surface area contributed by atoms with Gasteiger partial charge in [0.2, 0.25) is 0 Å². The van der Waals surface area contributed by atoms with Gasteiger partial charge in [-0.2, -0.15) is 0 Å². The number of rotatable bonds is 12. The fraction of sp³-hybridized carbons (Fsp3) is 0.655. The van der Waals surface area contributed by atoms with Crippen LogP contribution >= 0.6 is 0 Å². The average Bonchev–Trinajstić information content (AvgIpc) is 3.12. The second-order valence-electron chi connectivity index (χ2n) is 10.6. The monoisotopic (exact) mass is 472 g/mol. The number of esters is 2. The Kier molecular flexibility index (Phi) is 10.4. The molecule has 1 fully saturated rings. The second-order valence-corrected chi connectivity index (χ2v) is 10.6. The number of hydrogen-bond donors (Lipinski definition) is 1. The van der Waals surface area contributed by atoms with Crippen LogP contribution < -0.4 is 0 Å². The highest BCUT2D eigenvalue weighted by molar-refractivity contribution is 5.94. The first-order valence-electron chi connectivity index (χ1n) is 12.9. The third-order valence-electron chi connectivity index (χ3n) is 6.62. The van der Waals surface area contributed by atoms with Gasteiger partial charge in [0.25, 0.3) is 0 Å². The van der Waals surface area contributed by atoms with Gasteiger partial charge in [-0.25, -0.2) is 9.59 Å². The van der Waals surface area contributed by atoms with E-state index in [0.717, 1.165) is 36.8 Å². The number of allylic oxidation sites excluding steroid dienone is 1. The van der Waals surface area contributed by atoms with Crippen LogP contribution in [0, 0.1) is 0 Å². The Hall–Kier alpha value is -2.14. The van der Waals surface area contributed by atoms with Crippen molar-refractivity contribution in [2.45, 2.75) is 110 Å². The molecule has 2 rings (SSSR count). The molecular weight excluding hydrogens is 428 g/mol. The van der Waals surface area contributed by atoms with Gasteiger partial charge in [0.05, 0.1) is 12.2 Å². The van der Waals surface area contributed by atoms with E-state index in [1.54, 1.807) is 0 Å². The van der Waals surface area contributed by atoms with E-state index in [9.17, 15) is 14.7 Å². The lowest BCUT2D eigenvalue weighted by Gasteiger charge is -2.26. The summed E-state index contributed by atoms with van der Waals surface area (Å²) in [6, 6.07) is 4.21. The largest absolute Gasteiger partial charge is 0.458 e. The highest BCUT2D eigenvalue weighted by atomic mass is 16.6. The summed E-state index contributed by atoms with van der Waals surface area (Å²) in [6.07, 6.45) is 7.47. The quantitative estimate of drug-likeness (QED) is 0.206. The summed E-state index contributed by atoms with van der Waals surface area (Å²) in [5, 5.41) is 10.1. The fourth-order valence-electron chi connectivity index (χ4n) is 4.40. The number of aliphatic hydroxyl groups excluding tert-OH is 1. The summed E-state index contributed by atoms with van der Waals surface area (Å²) in [4.78, 5) is 25.8. The van der Waals surface area contributed by atoms with Crippen molar-refractivity contribution in [2.24, 2.45) is 0 Å². The number of carbonyl (C=O) groups excluding carboxylic acids is 2. The minimum atomic E-state index is -1.21. The molecule has 1 unspecified atom stereocenters. The normalized spacial score (nSPS) is 19.5. The molecule has 34 heavy (non-hydrogen) atoms. The van der Waals surface area contributed by atoms with Gasteiger partial charge in [-0.15, -0.1) is 0 Å². The van der Waals surface area contributed by atoms with Crippen LogP contribution in [0.4, 0.5) is 0 Å². The highest BCUT2D eigenvalue weighted by Gasteiger charge is 2.44. The molecule has 0 amide bonds. The predicted molar refractivity (Wildman–Crippen MR) is 136 cm³/mol. The molecule has 0 bridgehead atoms. The molecule has 1 N–H and O–H groups in total. The summed E-state index contributed by atoms with van der Waals surface area (Å²) < 4.78 is 11.3. The van der Waals surface area contributed by atoms with E-state index in [-0.39, 0.29) is 31.5 Å². The van der Waals surface area contributed by atoms with E-state index < -0.39 is 17.5 Å². The second kappa shape index (κ2) is 12.5. The lowest BCUT2D eigenvalue weighted by atomic mass is 9.84. The lowest BCUT2D eigenvalue weighted by Crippen LogP contribution is -2.39. The van der Waals surface area contributed by atoms with E-state index in [0.29, 0.717) is 17.1 Å². The van der Waals surface area contributed by atoms with Crippen LogP contribution in [0.5, 0.6) is 0 Å². The SMILES string of the molecule is CCCCCC/C=C1/CC(CO)(COC(=O)c2c(C(C)C)cc(C(C)C)cc2C(C)C)OC1=O. The first kappa shape index (κ1) is 28.1. The van der Waals surface area contributed by atoms with E-state index in [1.165, 1.54) is 12.0 Å². The molecule has 0 aliphatic carbocycles. The zero-order valence-corrected chi connectivity index (χ0v) is 22.2. The number of hydrogen-bond acceptors (Lipinski definition) is 5. The lowest BCUT2D eigenvalue weighted by molar-refractivity contribution is -0.154. The van der Waals surface area contributed by atoms with Crippen LogP contribution in [-0.4, -0.2) is 35.9 Å². The van der Waals surface area contributed by atoms with Crippen molar-refractivity contribution in [2.75, 3.05) is 13.2 Å². The van der Waals surface area contributed by atoms with Gasteiger partial charge in [0.15, 0.2) is 5.60 Å². The smallest absolute Gasteiger partial charge is 0.338 e. The third kappa shape index (κ3) is 6.94. The number of benzene rings is 1. The topological polar surface area (TPSA) is 72.8 Å². The zero-order valence-electron chi connectivity index (χ0n) is 22.2. The van der Waals surface area contributed by atoms with Gasteiger partial charge in [-0.1, -0.05) is 85.9 Å². The highest BCUT2D eigenvalue weighted by Crippen LogP contribution is 2.35. The number of cyclic esters (lactones) is 1. The molecule has 5 nitrogen and oxygen atoms in total. The van der Waals surface area contributed by atoms with Crippen molar-refractivity contribution in [3.63, 3.8) is 0 Å².